The second-order valence-electron chi connectivity index (χ2n) is 3.06. The van der Waals surface area contributed by atoms with Crippen LogP contribution >= 0.6 is 0 Å². The summed E-state index contributed by atoms with van der Waals surface area (Å²) in [5, 5.41) is 17.7. The highest BCUT2D eigenvalue weighted by Gasteiger charge is 2.15. The van der Waals surface area contributed by atoms with E-state index in [2.05, 4.69) is 0 Å². The second kappa shape index (κ2) is 4.17. The molecule has 5 nitrogen and oxygen atoms in total. The summed E-state index contributed by atoms with van der Waals surface area (Å²) in [7, 11) is -6.42. The van der Waals surface area contributed by atoms with Crippen molar-refractivity contribution in [3.8, 4) is 0 Å². The molecule has 0 aliphatic rings. The fraction of sp³-hybridized carbons (Fsp3) is 0.143. The Kier molecular flexibility index (Phi) is 3.33. The first-order valence-electron chi connectivity index (χ1n) is 3.96. The zero-order valence-electron chi connectivity index (χ0n) is 7.59. The van der Waals surface area contributed by atoms with Gasteiger partial charge in [-0.3, -0.25) is 0 Å². The van der Waals surface area contributed by atoms with Crippen LogP contribution in [0.4, 0.5) is 9.57 Å². The molecular weight excluding hydrogens is 224 g/mol. The van der Waals surface area contributed by atoms with Crippen molar-refractivity contribution in [2.24, 2.45) is 0 Å². The summed E-state index contributed by atoms with van der Waals surface area (Å²) in [6, 6.07) is 3.68. The van der Waals surface area contributed by atoms with Gasteiger partial charge in [-0.15, -0.1) is 3.89 Å². The molecule has 0 aliphatic heterocycles. The summed E-state index contributed by atoms with van der Waals surface area (Å²) in [5.74, 6) is -0.836. The van der Waals surface area contributed by atoms with E-state index >= 15 is 0 Å². The van der Waals surface area contributed by atoms with Crippen LogP contribution < -0.4 is 11.2 Å². The normalized spacial score (nSPS) is 11.4. The lowest BCUT2D eigenvalue weighted by Crippen LogP contribution is -2.30. The van der Waals surface area contributed by atoms with E-state index in [1.807, 2.05) is 0 Å². The lowest BCUT2D eigenvalue weighted by molar-refractivity contribution is 0.425. The quantitative estimate of drug-likeness (QED) is 0.344. The first-order chi connectivity index (χ1) is 6.78. The van der Waals surface area contributed by atoms with Crippen molar-refractivity contribution in [2.45, 2.75) is 5.75 Å². The standard InChI is InChI=1S/C7H9BFNO4S/c9-15(13,14)4-5-1-6(8(11)12)3-7(10)2-5/h1-3,11-12H,4,10H2. The van der Waals surface area contributed by atoms with E-state index in [1.54, 1.807) is 0 Å². The first kappa shape index (κ1) is 12.0. The number of anilines is 1. The fourth-order valence-corrected chi connectivity index (χ4v) is 1.74. The predicted molar refractivity (Wildman–Crippen MR) is 54.4 cm³/mol. The molecule has 1 aromatic rings. The van der Waals surface area contributed by atoms with Gasteiger partial charge in [0.2, 0.25) is 0 Å². The van der Waals surface area contributed by atoms with Gasteiger partial charge in [-0.1, -0.05) is 6.07 Å². The number of halogens is 1. The molecule has 0 atom stereocenters. The molecule has 0 heterocycles. The van der Waals surface area contributed by atoms with Crippen LogP contribution in [-0.4, -0.2) is 25.6 Å². The van der Waals surface area contributed by atoms with E-state index in [9.17, 15) is 12.3 Å². The second-order valence-corrected chi connectivity index (χ2v) is 4.43. The first-order valence-corrected chi connectivity index (χ1v) is 5.51. The minimum absolute atomic E-state index is 0.0219. The highest BCUT2D eigenvalue weighted by Crippen LogP contribution is 2.10. The highest BCUT2D eigenvalue weighted by atomic mass is 32.3. The molecule has 0 radical (unpaired) electrons. The Morgan fingerprint density at radius 3 is 2.40 bits per heavy atom. The number of hydrogen-bond donors (Lipinski definition) is 3. The van der Waals surface area contributed by atoms with Gasteiger partial charge in [0.15, 0.2) is 0 Å². The van der Waals surface area contributed by atoms with E-state index in [-0.39, 0.29) is 16.7 Å². The zero-order valence-corrected chi connectivity index (χ0v) is 8.41. The Hall–Kier alpha value is -1.12. The third-order valence-corrected chi connectivity index (χ3v) is 2.35. The Morgan fingerprint density at radius 2 is 1.93 bits per heavy atom. The number of nitrogen functional groups attached to an aromatic ring is 1. The molecule has 0 unspecified atom stereocenters. The molecule has 0 spiro atoms. The van der Waals surface area contributed by atoms with Crippen molar-refractivity contribution in [1.29, 1.82) is 0 Å². The van der Waals surface area contributed by atoms with E-state index in [4.69, 9.17) is 15.8 Å². The molecule has 1 aromatic carbocycles. The van der Waals surface area contributed by atoms with Crippen molar-refractivity contribution < 1.29 is 22.4 Å². The Bertz CT molecular complexity index is 462. The molecule has 82 valence electrons. The average Bonchev–Trinajstić information content (AvgIpc) is 1.99. The van der Waals surface area contributed by atoms with Crippen LogP contribution in [0.3, 0.4) is 0 Å². The maximum Gasteiger partial charge on any atom is 0.488 e. The van der Waals surface area contributed by atoms with Crippen LogP contribution in [0.2, 0.25) is 0 Å². The molecule has 0 aliphatic carbocycles. The number of hydrogen-bond acceptors (Lipinski definition) is 5. The van der Waals surface area contributed by atoms with Gasteiger partial charge in [0, 0.05) is 5.69 Å². The molecule has 0 saturated carbocycles. The molecule has 4 N–H and O–H groups in total. The van der Waals surface area contributed by atoms with Crippen LogP contribution in [0.25, 0.3) is 0 Å². The van der Waals surface area contributed by atoms with Crippen LogP contribution in [0, 0.1) is 0 Å². The summed E-state index contributed by atoms with van der Waals surface area (Å²) in [6.07, 6.45) is 0. The summed E-state index contributed by atoms with van der Waals surface area (Å²) in [4.78, 5) is 0. The minimum atomic E-state index is -4.66. The van der Waals surface area contributed by atoms with Crippen molar-refractivity contribution in [2.75, 3.05) is 5.73 Å². The molecule has 0 fully saturated rings. The van der Waals surface area contributed by atoms with Gasteiger partial charge in [-0.05, 0) is 23.2 Å². The van der Waals surface area contributed by atoms with Gasteiger partial charge in [0.05, 0.1) is 0 Å². The van der Waals surface area contributed by atoms with Gasteiger partial charge in [-0.2, -0.15) is 8.42 Å². The molecule has 0 saturated heterocycles. The summed E-state index contributed by atoms with van der Waals surface area (Å²) in [5.41, 5.74) is 5.61. The van der Waals surface area contributed by atoms with E-state index in [0.29, 0.717) is 0 Å². The SMILES string of the molecule is Nc1cc(CS(=O)(=O)F)cc(B(O)O)c1. The van der Waals surface area contributed by atoms with Gasteiger partial charge in [0.1, 0.15) is 5.75 Å². The Morgan fingerprint density at radius 1 is 1.33 bits per heavy atom. The molecule has 0 bridgehead atoms. The number of benzene rings is 1. The largest absolute Gasteiger partial charge is 0.488 e. The zero-order chi connectivity index (χ0) is 11.6. The van der Waals surface area contributed by atoms with Gasteiger partial charge >= 0.3 is 17.3 Å². The Balaban J connectivity index is 3.10. The van der Waals surface area contributed by atoms with Crippen LogP contribution in [-0.2, 0) is 16.0 Å². The average molecular weight is 233 g/mol. The Labute approximate surface area is 86.7 Å². The van der Waals surface area contributed by atoms with Crippen LogP contribution in [0.15, 0.2) is 18.2 Å². The third kappa shape index (κ3) is 3.86. The van der Waals surface area contributed by atoms with Crippen LogP contribution in [0.5, 0.6) is 0 Å². The molecule has 15 heavy (non-hydrogen) atoms. The highest BCUT2D eigenvalue weighted by molar-refractivity contribution is 7.85. The van der Waals surface area contributed by atoms with Crippen molar-refractivity contribution in [3.05, 3.63) is 23.8 Å². The van der Waals surface area contributed by atoms with E-state index in [0.717, 1.165) is 6.07 Å². The maximum atomic E-state index is 12.3. The molecule has 1 rings (SSSR count). The van der Waals surface area contributed by atoms with Crippen molar-refractivity contribution >= 4 is 28.5 Å². The minimum Gasteiger partial charge on any atom is -0.423 e. The number of rotatable bonds is 3. The summed E-state index contributed by atoms with van der Waals surface area (Å²) in [6.45, 7) is 0. The van der Waals surface area contributed by atoms with Gasteiger partial charge < -0.3 is 15.8 Å². The fourth-order valence-electron chi connectivity index (χ4n) is 1.18. The third-order valence-electron chi connectivity index (χ3n) is 1.67. The molecular formula is C7H9BFNO4S. The summed E-state index contributed by atoms with van der Waals surface area (Å²) >= 11 is 0. The number of nitrogens with two attached hydrogens (primary N) is 1. The van der Waals surface area contributed by atoms with Crippen LogP contribution in [0.1, 0.15) is 5.56 Å². The van der Waals surface area contributed by atoms with Crippen molar-refractivity contribution in [3.63, 3.8) is 0 Å². The van der Waals surface area contributed by atoms with Gasteiger partial charge in [-0.25, -0.2) is 0 Å². The van der Waals surface area contributed by atoms with Gasteiger partial charge in [0.25, 0.3) is 0 Å². The smallest absolute Gasteiger partial charge is 0.423 e. The lowest BCUT2D eigenvalue weighted by atomic mass is 9.79. The van der Waals surface area contributed by atoms with Crippen molar-refractivity contribution in [1.82, 2.24) is 0 Å². The summed E-state index contributed by atoms with van der Waals surface area (Å²) < 4.78 is 33.1. The maximum absolute atomic E-state index is 12.3. The van der Waals surface area contributed by atoms with E-state index in [1.165, 1.54) is 12.1 Å². The molecule has 0 aromatic heterocycles. The monoisotopic (exact) mass is 233 g/mol. The van der Waals surface area contributed by atoms with E-state index < -0.39 is 23.1 Å². The molecule has 8 heteroatoms. The topological polar surface area (TPSA) is 101 Å². The lowest BCUT2D eigenvalue weighted by Gasteiger charge is -2.04. The molecule has 0 amide bonds. The predicted octanol–water partition coefficient (Wildman–Crippen LogP) is -1.25.